The first-order chi connectivity index (χ1) is 10.8. The average Bonchev–Trinajstić information content (AvgIpc) is 3.29. The van der Waals surface area contributed by atoms with Crippen LogP contribution in [0.15, 0.2) is 16.6 Å². The van der Waals surface area contributed by atoms with Gasteiger partial charge in [-0.05, 0) is 40.9 Å². The van der Waals surface area contributed by atoms with Crippen LogP contribution >= 0.6 is 15.9 Å². The maximum Gasteiger partial charge on any atom is 0.422 e. The second-order valence-corrected chi connectivity index (χ2v) is 6.36. The van der Waals surface area contributed by atoms with Crippen LogP contribution in [-0.4, -0.2) is 18.6 Å². The van der Waals surface area contributed by atoms with Crippen LogP contribution in [0, 0.1) is 23.6 Å². The van der Waals surface area contributed by atoms with Gasteiger partial charge in [-0.1, -0.05) is 11.8 Å². The molecule has 0 amide bonds. The van der Waals surface area contributed by atoms with Gasteiger partial charge in [-0.3, -0.25) is 10.1 Å². The quantitative estimate of drug-likeness (QED) is 0.439. The fourth-order valence-corrected chi connectivity index (χ4v) is 2.75. The van der Waals surface area contributed by atoms with Crippen molar-refractivity contribution in [3.05, 3.63) is 28.0 Å². The number of anilines is 1. The van der Waals surface area contributed by atoms with E-state index in [2.05, 4.69) is 38.4 Å². The van der Waals surface area contributed by atoms with Gasteiger partial charge >= 0.3 is 6.18 Å². The van der Waals surface area contributed by atoms with E-state index in [9.17, 15) is 22.4 Å². The molecule has 0 saturated heterocycles. The predicted molar refractivity (Wildman–Crippen MR) is 78.9 cm³/mol. The largest absolute Gasteiger partial charge is 0.422 e. The van der Waals surface area contributed by atoms with Crippen LogP contribution in [0.25, 0.3) is 0 Å². The molecular formula is C15H11BrF4N2O. The highest BCUT2D eigenvalue weighted by Crippen LogP contribution is 2.45. The van der Waals surface area contributed by atoms with Crippen molar-refractivity contribution in [3.8, 4) is 11.8 Å². The van der Waals surface area contributed by atoms with Crippen molar-refractivity contribution in [2.45, 2.75) is 30.7 Å². The lowest BCUT2D eigenvalue weighted by Crippen LogP contribution is -2.62. The third-order valence-corrected chi connectivity index (χ3v) is 4.36. The van der Waals surface area contributed by atoms with E-state index in [1.807, 2.05) is 0 Å². The summed E-state index contributed by atoms with van der Waals surface area (Å²) in [6.07, 6.45) is -4.29. The van der Waals surface area contributed by atoms with Gasteiger partial charge in [0.2, 0.25) is 5.54 Å². The Labute approximate surface area is 137 Å². The Morgan fingerprint density at radius 2 is 2.04 bits per heavy atom. The second-order valence-electron chi connectivity index (χ2n) is 5.51. The van der Waals surface area contributed by atoms with Crippen LogP contribution in [0.4, 0.5) is 23.2 Å². The van der Waals surface area contributed by atoms with Crippen LogP contribution in [-0.2, 0) is 10.3 Å². The Morgan fingerprint density at radius 3 is 2.61 bits per heavy atom. The van der Waals surface area contributed by atoms with Crippen LogP contribution in [0.3, 0.4) is 0 Å². The Bertz CT molecular complexity index is 721. The van der Waals surface area contributed by atoms with E-state index >= 15 is 0 Å². The third kappa shape index (κ3) is 2.83. The third-order valence-electron chi connectivity index (χ3n) is 3.75. The molecule has 1 unspecified atom stereocenters. The molecular weight excluding hydrogens is 380 g/mol. The molecule has 1 aliphatic carbocycles. The zero-order chi connectivity index (χ0) is 16.8. The Kier molecular flexibility index (Phi) is 3.89. The van der Waals surface area contributed by atoms with Crippen LogP contribution in [0.5, 0.6) is 0 Å². The van der Waals surface area contributed by atoms with Gasteiger partial charge in [-0.2, -0.15) is 13.2 Å². The Morgan fingerprint density at radius 1 is 1.35 bits per heavy atom. The van der Waals surface area contributed by atoms with Crippen LogP contribution < -0.4 is 10.6 Å². The van der Waals surface area contributed by atoms with Gasteiger partial charge < -0.3 is 5.32 Å². The summed E-state index contributed by atoms with van der Waals surface area (Å²) in [7, 11) is 0. The number of alkyl halides is 3. The van der Waals surface area contributed by atoms with Crippen molar-refractivity contribution in [2.75, 3.05) is 5.32 Å². The fourth-order valence-electron chi connectivity index (χ4n) is 2.41. The summed E-state index contributed by atoms with van der Waals surface area (Å²) in [5.41, 5.74) is -3.16. The number of hydrogen-bond donors (Lipinski definition) is 2. The number of halogens is 5. The summed E-state index contributed by atoms with van der Waals surface area (Å²) in [4.78, 5) is 11.1. The van der Waals surface area contributed by atoms with Crippen molar-refractivity contribution in [1.82, 2.24) is 5.32 Å². The Hall–Kier alpha value is -1.59. The van der Waals surface area contributed by atoms with Gasteiger partial charge in [0.25, 0.3) is 0 Å². The number of nitrogens with one attached hydrogen (secondary N) is 2. The lowest BCUT2D eigenvalue weighted by molar-refractivity contribution is -0.184. The van der Waals surface area contributed by atoms with Gasteiger partial charge in [-0.15, -0.1) is 0 Å². The van der Waals surface area contributed by atoms with E-state index in [1.54, 1.807) is 0 Å². The first-order valence-electron chi connectivity index (χ1n) is 6.85. The number of rotatable bonds is 1. The lowest BCUT2D eigenvalue weighted by atomic mass is 9.85. The summed E-state index contributed by atoms with van der Waals surface area (Å²) in [5.74, 6) is 3.91. The van der Waals surface area contributed by atoms with Crippen molar-refractivity contribution >= 4 is 27.9 Å². The van der Waals surface area contributed by atoms with Crippen molar-refractivity contribution in [3.63, 3.8) is 0 Å². The minimum absolute atomic E-state index is 0.00141. The zero-order valence-electron chi connectivity index (χ0n) is 11.6. The van der Waals surface area contributed by atoms with Gasteiger partial charge in [0.05, 0.1) is 4.47 Å². The molecule has 1 aromatic carbocycles. The molecule has 122 valence electrons. The SMILES string of the molecule is O=CC1Nc2cc(Br)c(F)cc2[C@@](C#CC2CC2)(C(F)(F)F)N1. The minimum atomic E-state index is -4.83. The first-order valence-corrected chi connectivity index (χ1v) is 7.64. The Balaban J connectivity index is 2.23. The molecule has 0 aromatic heterocycles. The molecule has 1 heterocycles. The molecule has 3 nitrogen and oxygen atoms in total. The number of fused-ring (bicyclic) bond motifs is 1. The van der Waals surface area contributed by atoms with Crippen molar-refractivity contribution < 1.29 is 22.4 Å². The number of aldehydes is 1. The number of hydrogen-bond acceptors (Lipinski definition) is 3. The molecule has 1 fully saturated rings. The molecule has 23 heavy (non-hydrogen) atoms. The molecule has 0 spiro atoms. The molecule has 0 radical (unpaired) electrons. The summed E-state index contributed by atoms with van der Waals surface area (Å²) in [5, 5.41) is 4.78. The molecule has 2 N–H and O–H groups in total. The van der Waals surface area contributed by atoms with Crippen LogP contribution in [0.1, 0.15) is 18.4 Å². The van der Waals surface area contributed by atoms with Crippen LogP contribution in [0.2, 0.25) is 0 Å². The maximum atomic E-state index is 13.8. The highest BCUT2D eigenvalue weighted by molar-refractivity contribution is 9.10. The predicted octanol–water partition coefficient (Wildman–Crippen LogP) is 3.30. The van der Waals surface area contributed by atoms with Crippen molar-refractivity contribution in [2.24, 2.45) is 5.92 Å². The molecule has 0 bridgehead atoms. The summed E-state index contributed by atoms with van der Waals surface area (Å²) in [6, 6.07) is 1.97. The monoisotopic (exact) mass is 390 g/mol. The number of carbonyl (C=O) groups excluding carboxylic acids is 1. The highest BCUT2D eigenvalue weighted by atomic mass is 79.9. The molecule has 1 saturated carbocycles. The van der Waals surface area contributed by atoms with E-state index < -0.39 is 23.7 Å². The van der Waals surface area contributed by atoms with Gasteiger partial charge in [0.15, 0.2) is 6.29 Å². The minimum Gasteiger partial charge on any atom is -0.363 e. The average molecular weight is 391 g/mol. The van der Waals surface area contributed by atoms with Gasteiger partial charge in [0, 0.05) is 17.2 Å². The molecule has 2 atom stereocenters. The summed E-state index contributed by atoms with van der Waals surface area (Å²) in [6.45, 7) is 0. The molecule has 3 rings (SSSR count). The maximum absolute atomic E-state index is 13.8. The van der Waals surface area contributed by atoms with Gasteiger partial charge in [-0.25, -0.2) is 4.39 Å². The molecule has 8 heteroatoms. The molecule has 1 aromatic rings. The first kappa shape index (κ1) is 16.3. The standard InChI is InChI=1S/C15H11BrF4N2O/c16-10-6-12-9(5-11(10)17)14(15(18,19)20,4-3-8-1-2-8)22-13(7-23)21-12/h5-8,13,21-22H,1-2H2/t13?,14-/m0/s1. The van der Waals surface area contributed by atoms with E-state index in [0.717, 1.165) is 18.9 Å². The molecule has 2 aliphatic rings. The smallest absolute Gasteiger partial charge is 0.363 e. The number of benzene rings is 1. The fraction of sp³-hybridized carbons (Fsp3) is 0.400. The summed E-state index contributed by atoms with van der Waals surface area (Å²) >= 11 is 2.94. The second kappa shape index (κ2) is 5.49. The lowest BCUT2D eigenvalue weighted by Gasteiger charge is -2.40. The highest BCUT2D eigenvalue weighted by Gasteiger charge is 2.59. The normalized spacial score (nSPS) is 26.6. The summed E-state index contributed by atoms with van der Waals surface area (Å²) < 4.78 is 55.4. The topological polar surface area (TPSA) is 41.1 Å². The van der Waals surface area contributed by atoms with E-state index in [0.29, 0.717) is 6.29 Å². The molecule has 1 aliphatic heterocycles. The van der Waals surface area contributed by atoms with E-state index in [1.165, 1.54) is 6.07 Å². The van der Waals surface area contributed by atoms with Crippen molar-refractivity contribution in [1.29, 1.82) is 0 Å². The van der Waals surface area contributed by atoms with E-state index in [-0.39, 0.29) is 21.6 Å². The van der Waals surface area contributed by atoms with Gasteiger partial charge in [0.1, 0.15) is 12.0 Å². The zero-order valence-corrected chi connectivity index (χ0v) is 13.2. The number of carbonyl (C=O) groups is 1. The van der Waals surface area contributed by atoms with E-state index in [4.69, 9.17) is 0 Å².